The molecule has 5 heteroatoms. The average Bonchev–Trinajstić information content (AvgIpc) is 2.81. The number of aryl methyl sites for hydroxylation is 1. The molecule has 0 aliphatic rings. The van der Waals surface area contributed by atoms with E-state index in [0.29, 0.717) is 6.42 Å². The highest BCUT2D eigenvalue weighted by atomic mass is 16.6. The van der Waals surface area contributed by atoms with E-state index in [4.69, 9.17) is 4.74 Å². The number of rotatable bonds is 3. The molecule has 1 unspecified atom stereocenters. The van der Waals surface area contributed by atoms with Crippen LogP contribution in [0.15, 0.2) is 30.3 Å². The third kappa shape index (κ3) is 1.97. The maximum atomic E-state index is 9.64. The molecule has 1 atom stereocenters. The van der Waals surface area contributed by atoms with Crippen LogP contribution in [0, 0.1) is 6.92 Å². The summed E-state index contributed by atoms with van der Waals surface area (Å²) in [6.45, 7) is 1.93. The molecule has 2 heterocycles. The van der Waals surface area contributed by atoms with Crippen LogP contribution in [-0.2, 0) is 11.2 Å². The van der Waals surface area contributed by atoms with E-state index in [9.17, 15) is 5.11 Å². The van der Waals surface area contributed by atoms with Crippen molar-refractivity contribution in [3.8, 4) is 0 Å². The molecule has 0 aliphatic heterocycles. The van der Waals surface area contributed by atoms with Gasteiger partial charge in [0, 0.05) is 18.9 Å². The highest BCUT2D eigenvalue weighted by Gasteiger charge is 2.10. The summed E-state index contributed by atoms with van der Waals surface area (Å²) in [4.78, 5) is 0. The molecule has 98 valence electrons. The lowest BCUT2D eigenvalue weighted by molar-refractivity contribution is -0.0718. The minimum Gasteiger partial charge on any atom is -0.368 e. The van der Waals surface area contributed by atoms with E-state index in [1.54, 1.807) is 0 Å². The summed E-state index contributed by atoms with van der Waals surface area (Å²) in [5.74, 6) is 0.852. The SMILES string of the molecule is COC(O)Cc1cccc2c1ccc1nnc(C)n12. The lowest BCUT2D eigenvalue weighted by atomic mass is 10.1. The second-order valence-electron chi connectivity index (χ2n) is 4.52. The van der Waals surface area contributed by atoms with Crippen molar-refractivity contribution in [1.29, 1.82) is 0 Å². The summed E-state index contributed by atoms with van der Waals surface area (Å²) in [7, 11) is 1.50. The van der Waals surface area contributed by atoms with Gasteiger partial charge < -0.3 is 9.84 Å². The third-order valence-corrected chi connectivity index (χ3v) is 3.33. The molecule has 0 bridgehead atoms. The van der Waals surface area contributed by atoms with Crippen LogP contribution in [0.2, 0.25) is 0 Å². The van der Waals surface area contributed by atoms with Crippen molar-refractivity contribution >= 4 is 16.6 Å². The number of aliphatic hydroxyl groups excluding tert-OH is 1. The molecule has 3 rings (SSSR count). The molecule has 0 saturated heterocycles. The van der Waals surface area contributed by atoms with E-state index in [2.05, 4.69) is 10.2 Å². The Hall–Kier alpha value is -1.98. The van der Waals surface area contributed by atoms with E-state index < -0.39 is 6.29 Å². The van der Waals surface area contributed by atoms with Gasteiger partial charge in [-0.15, -0.1) is 10.2 Å². The van der Waals surface area contributed by atoms with Gasteiger partial charge in [-0.05, 0) is 30.7 Å². The molecule has 0 aliphatic carbocycles. The first-order valence-electron chi connectivity index (χ1n) is 6.14. The van der Waals surface area contributed by atoms with Crippen molar-refractivity contribution in [2.45, 2.75) is 19.6 Å². The fourth-order valence-corrected chi connectivity index (χ4v) is 2.38. The first kappa shape index (κ1) is 12.1. The predicted octanol–water partition coefficient (Wildman–Crippen LogP) is 1.70. The maximum absolute atomic E-state index is 9.64. The molecule has 0 radical (unpaired) electrons. The largest absolute Gasteiger partial charge is 0.368 e. The predicted molar refractivity (Wildman–Crippen MR) is 71.9 cm³/mol. The topological polar surface area (TPSA) is 59.7 Å². The van der Waals surface area contributed by atoms with E-state index in [1.165, 1.54) is 7.11 Å². The molecule has 3 aromatic rings. The summed E-state index contributed by atoms with van der Waals surface area (Å²) >= 11 is 0. The molecule has 0 saturated carbocycles. The van der Waals surface area contributed by atoms with Crippen molar-refractivity contribution in [2.24, 2.45) is 0 Å². The molecular formula is C14H15N3O2. The quantitative estimate of drug-likeness (QED) is 0.725. The van der Waals surface area contributed by atoms with E-state index in [0.717, 1.165) is 27.9 Å². The van der Waals surface area contributed by atoms with Crippen LogP contribution in [0.25, 0.3) is 16.6 Å². The van der Waals surface area contributed by atoms with Crippen LogP contribution in [-0.4, -0.2) is 33.1 Å². The first-order chi connectivity index (χ1) is 9.20. The Morgan fingerprint density at radius 2 is 2.11 bits per heavy atom. The lowest BCUT2D eigenvalue weighted by Crippen LogP contribution is -2.12. The molecule has 1 aromatic carbocycles. The summed E-state index contributed by atoms with van der Waals surface area (Å²) in [5, 5.41) is 18.9. The van der Waals surface area contributed by atoms with Crippen LogP contribution in [0.1, 0.15) is 11.4 Å². The number of hydrogen-bond acceptors (Lipinski definition) is 4. The first-order valence-corrected chi connectivity index (χ1v) is 6.14. The molecule has 0 fully saturated rings. The smallest absolute Gasteiger partial charge is 0.161 e. The lowest BCUT2D eigenvalue weighted by Gasteiger charge is -2.11. The highest BCUT2D eigenvalue weighted by molar-refractivity contribution is 5.85. The Kier molecular flexibility index (Phi) is 2.93. The Bertz CT molecular complexity index is 736. The number of ether oxygens (including phenoxy) is 1. The average molecular weight is 257 g/mol. The van der Waals surface area contributed by atoms with Crippen molar-refractivity contribution in [1.82, 2.24) is 14.6 Å². The monoisotopic (exact) mass is 257 g/mol. The van der Waals surface area contributed by atoms with Gasteiger partial charge in [0.05, 0.1) is 5.52 Å². The minimum absolute atomic E-state index is 0.459. The van der Waals surface area contributed by atoms with Gasteiger partial charge in [0.1, 0.15) is 5.82 Å². The van der Waals surface area contributed by atoms with Gasteiger partial charge >= 0.3 is 0 Å². The molecule has 0 spiro atoms. The van der Waals surface area contributed by atoms with Crippen molar-refractivity contribution in [3.05, 3.63) is 41.7 Å². The molecule has 5 nitrogen and oxygen atoms in total. The van der Waals surface area contributed by atoms with Crippen LogP contribution < -0.4 is 0 Å². The normalized spacial score (nSPS) is 13.2. The van der Waals surface area contributed by atoms with Crippen molar-refractivity contribution in [2.75, 3.05) is 7.11 Å². The Morgan fingerprint density at radius 1 is 1.26 bits per heavy atom. The van der Waals surface area contributed by atoms with Crippen LogP contribution >= 0.6 is 0 Å². The fourth-order valence-electron chi connectivity index (χ4n) is 2.38. The Labute approximate surface area is 110 Å². The fraction of sp³-hybridized carbons (Fsp3) is 0.286. The standard InChI is InChI=1S/C14H15N3O2/c1-9-15-16-13-7-6-11-10(8-14(18)19-2)4-3-5-12(11)17(9)13/h3-7,14,18H,8H2,1-2H3. The number of pyridine rings is 1. The number of fused-ring (bicyclic) bond motifs is 3. The minimum atomic E-state index is -0.789. The summed E-state index contributed by atoms with van der Waals surface area (Å²) < 4.78 is 6.94. The van der Waals surface area contributed by atoms with Gasteiger partial charge in [-0.3, -0.25) is 4.40 Å². The van der Waals surface area contributed by atoms with E-state index in [-0.39, 0.29) is 0 Å². The van der Waals surface area contributed by atoms with Crippen molar-refractivity contribution < 1.29 is 9.84 Å². The highest BCUT2D eigenvalue weighted by Crippen LogP contribution is 2.22. The number of aliphatic hydroxyl groups is 1. The molecule has 19 heavy (non-hydrogen) atoms. The molecule has 2 aromatic heterocycles. The second kappa shape index (κ2) is 4.60. The zero-order valence-electron chi connectivity index (χ0n) is 10.9. The van der Waals surface area contributed by atoms with Crippen LogP contribution in [0.3, 0.4) is 0 Å². The Morgan fingerprint density at radius 3 is 2.89 bits per heavy atom. The maximum Gasteiger partial charge on any atom is 0.161 e. The molecular weight excluding hydrogens is 242 g/mol. The number of benzene rings is 1. The van der Waals surface area contributed by atoms with E-state index >= 15 is 0 Å². The van der Waals surface area contributed by atoms with Gasteiger partial charge in [0.15, 0.2) is 11.9 Å². The number of methoxy groups -OCH3 is 1. The van der Waals surface area contributed by atoms with Gasteiger partial charge in [0.2, 0.25) is 0 Å². The summed E-state index contributed by atoms with van der Waals surface area (Å²) in [6.07, 6.45) is -0.330. The van der Waals surface area contributed by atoms with E-state index in [1.807, 2.05) is 41.7 Å². The Balaban J connectivity index is 2.25. The van der Waals surface area contributed by atoms with Gasteiger partial charge in [-0.25, -0.2) is 0 Å². The van der Waals surface area contributed by atoms with Crippen LogP contribution in [0.4, 0.5) is 0 Å². The molecule has 0 amide bonds. The van der Waals surface area contributed by atoms with Gasteiger partial charge in [0.25, 0.3) is 0 Å². The van der Waals surface area contributed by atoms with Crippen molar-refractivity contribution in [3.63, 3.8) is 0 Å². The zero-order chi connectivity index (χ0) is 13.4. The summed E-state index contributed by atoms with van der Waals surface area (Å²) in [5.41, 5.74) is 2.91. The zero-order valence-corrected chi connectivity index (χ0v) is 10.9. The number of nitrogens with zero attached hydrogens (tertiary/aromatic N) is 3. The van der Waals surface area contributed by atoms with Gasteiger partial charge in [-0.1, -0.05) is 12.1 Å². The number of hydrogen-bond donors (Lipinski definition) is 1. The molecule has 1 N–H and O–H groups in total. The number of aromatic nitrogens is 3. The third-order valence-electron chi connectivity index (χ3n) is 3.33. The van der Waals surface area contributed by atoms with Gasteiger partial charge in [-0.2, -0.15) is 0 Å². The summed E-state index contributed by atoms with van der Waals surface area (Å²) in [6, 6.07) is 9.94. The second-order valence-corrected chi connectivity index (χ2v) is 4.52. The van der Waals surface area contributed by atoms with Crippen LogP contribution in [0.5, 0.6) is 0 Å².